The third-order valence-electron chi connectivity index (χ3n) is 4.53. The van der Waals surface area contributed by atoms with Gasteiger partial charge in [-0.2, -0.15) is 0 Å². The molecule has 0 saturated carbocycles. The summed E-state index contributed by atoms with van der Waals surface area (Å²) >= 11 is 0. The van der Waals surface area contributed by atoms with Crippen LogP contribution in [0.4, 0.5) is 5.95 Å². The number of carbonyl (C=O) groups is 1. The normalized spacial score (nSPS) is 16.3. The summed E-state index contributed by atoms with van der Waals surface area (Å²) in [6.07, 6.45) is 0. The van der Waals surface area contributed by atoms with Crippen molar-refractivity contribution >= 4 is 23.0 Å². The van der Waals surface area contributed by atoms with Gasteiger partial charge < -0.3 is 15.2 Å². The predicted molar refractivity (Wildman–Crippen MR) is 98.9 cm³/mol. The van der Waals surface area contributed by atoms with Crippen LogP contribution >= 0.6 is 0 Å². The maximum atomic E-state index is 12.7. The van der Waals surface area contributed by atoms with E-state index in [2.05, 4.69) is 10.3 Å². The fraction of sp³-hybridized carbons (Fsp3) is 0.200. The zero-order chi connectivity index (χ0) is 18.3. The fourth-order valence-electron chi connectivity index (χ4n) is 3.41. The van der Waals surface area contributed by atoms with Crippen molar-refractivity contribution in [1.29, 1.82) is 0 Å². The molecule has 3 aromatic rings. The molecule has 0 bridgehead atoms. The van der Waals surface area contributed by atoms with Crippen LogP contribution in [-0.4, -0.2) is 27.2 Å². The van der Waals surface area contributed by atoms with Crippen LogP contribution in [0.5, 0.6) is 5.75 Å². The van der Waals surface area contributed by atoms with Gasteiger partial charge in [-0.15, -0.1) is 0 Å². The molecule has 132 valence electrons. The van der Waals surface area contributed by atoms with Crippen LogP contribution in [0.25, 0.3) is 11.0 Å². The van der Waals surface area contributed by atoms with Crippen molar-refractivity contribution in [1.82, 2.24) is 9.55 Å². The summed E-state index contributed by atoms with van der Waals surface area (Å²) in [5.41, 5.74) is 3.88. The van der Waals surface area contributed by atoms with Crippen LogP contribution in [0, 0.1) is 0 Å². The first-order valence-electron chi connectivity index (χ1n) is 8.51. The number of ether oxygens (including phenoxy) is 1. The highest BCUT2D eigenvalue weighted by atomic mass is 16.5. The molecule has 0 radical (unpaired) electrons. The van der Waals surface area contributed by atoms with Gasteiger partial charge in [-0.3, -0.25) is 4.57 Å². The molecule has 2 N–H and O–H groups in total. The summed E-state index contributed by atoms with van der Waals surface area (Å²) in [6, 6.07) is 14.3. The summed E-state index contributed by atoms with van der Waals surface area (Å²) in [4.78, 5) is 17.4. The van der Waals surface area contributed by atoms with E-state index in [-0.39, 0.29) is 11.7 Å². The summed E-state index contributed by atoms with van der Waals surface area (Å²) in [5, 5.41) is 12.9. The Morgan fingerprint density at radius 2 is 1.96 bits per heavy atom. The minimum absolute atomic E-state index is 0.178. The van der Waals surface area contributed by atoms with Crippen molar-refractivity contribution in [2.75, 3.05) is 11.9 Å². The quantitative estimate of drug-likeness (QED) is 0.707. The van der Waals surface area contributed by atoms with E-state index in [0.29, 0.717) is 23.8 Å². The van der Waals surface area contributed by atoms with Crippen molar-refractivity contribution in [2.45, 2.75) is 19.9 Å². The Morgan fingerprint density at radius 3 is 2.69 bits per heavy atom. The Balaban J connectivity index is 1.97. The first-order valence-corrected chi connectivity index (χ1v) is 8.51. The maximum Gasteiger partial charge on any atom is 0.338 e. The molecule has 0 fully saturated rings. The minimum atomic E-state index is -0.390. The molecule has 0 unspecified atom stereocenters. The van der Waals surface area contributed by atoms with Crippen molar-refractivity contribution in [2.24, 2.45) is 0 Å². The van der Waals surface area contributed by atoms with Gasteiger partial charge in [0.05, 0.1) is 29.3 Å². The second-order valence-corrected chi connectivity index (χ2v) is 6.17. The Hall–Kier alpha value is -3.28. The molecule has 1 aromatic heterocycles. The van der Waals surface area contributed by atoms with E-state index in [1.54, 1.807) is 19.1 Å². The fourth-order valence-corrected chi connectivity index (χ4v) is 3.41. The van der Waals surface area contributed by atoms with E-state index in [0.717, 1.165) is 16.6 Å². The number of anilines is 1. The number of nitrogens with zero attached hydrogens (tertiary/aromatic N) is 2. The molecule has 0 amide bonds. The lowest BCUT2D eigenvalue weighted by Gasteiger charge is -2.30. The van der Waals surface area contributed by atoms with Crippen molar-refractivity contribution in [3.63, 3.8) is 0 Å². The number of fused-ring (bicyclic) bond motifs is 3. The molecule has 6 heteroatoms. The molecular formula is C20H19N3O3. The third kappa shape index (κ3) is 2.50. The van der Waals surface area contributed by atoms with Crippen molar-refractivity contribution in [3.8, 4) is 5.75 Å². The highest BCUT2D eigenvalue weighted by Gasteiger charge is 2.34. The molecule has 0 saturated heterocycles. The summed E-state index contributed by atoms with van der Waals surface area (Å²) in [6.45, 7) is 3.94. The average Bonchev–Trinajstić information content (AvgIpc) is 2.99. The second kappa shape index (κ2) is 6.22. The molecule has 4 rings (SSSR count). The van der Waals surface area contributed by atoms with Crippen LogP contribution in [-0.2, 0) is 9.53 Å². The number of phenols is 1. The monoisotopic (exact) mass is 349 g/mol. The first-order chi connectivity index (χ1) is 12.6. The van der Waals surface area contributed by atoms with Crippen molar-refractivity contribution in [3.05, 3.63) is 65.4 Å². The number of allylic oxidation sites excluding steroid dienone is 1. The number of para-hydroxylation sites is 2. The number of benzene rings is 2. The smallest absolute Gasteiger partial charge is 0.338 e. The van der Waals surface area contributed by atoms with E-state index in [4.69, 9.17) is 4.74 Å². The zero-order valence-corrected chi connectivity index (χ0v) is 14.6. The summed E-state index contributed by atoms with van der Waals surface area (Å²) in [5.74, 6) is 0.491. The molecule has 2 heterocycles. The lowest BCUT2D eigenvalue weighted by atomic mass is 9.95. The summed E-state index contributed by atoms with van der Waals surface area (Å²) in [7, 11) is 0. The second-order valence-electron chi connectivity index (χ2n) is 6.17. The molecule has 2 aromatic carbocycles. The average molecular weight is 349 g/mol. The minimum Gasteiger partial charge on any atom is -0.508 e. The zero-order valence-electron chi connectivity index (χ0n) is 14.6. The molecular weight excluding hydrogens is 330 g/mol. The van der Waals surface area contributed by atoms with Crippen molar-refractivity contribution < 1.29 is 14.6 Å². The van der Waals surface area contributed by atoms with Gasteiger partial charge in [0.25, 0.3) is 0 Å². The molecule has 0 spiro atoms. The number of rotatable bonds is 3. The lowest BCUT2D eigenvalue weighted by Crippen LogP contribution is -2.28. The standard InChI is InChI=1S/C20H19N3O3/c1-3-26-19(25)17-12(2)21-20-22-15-6-4-5-7-16(15)23(20)18(17)13-8-10-14(24)11-9-13/h4-11,18,24H,3H2,1-2H3,(H,21,22)/t18-/m0/s1. The molecule has 1 atom stereocenters. The predicted octanol–water partition coefficient (Wildman–Crippen LogP) is 3.59. The number of hydrogen-bond acceptors (Lipinski definition) is 5. The number of aromatic hydroxyl groups is 1. The van der Waals surface area contributed by atoms with Crippen LogP contribution < -0.4 is 5.32 Å². The van der Waals surface area contributed by atoms with Crippen LogP contribution in [0.3, 0.4) is 0 Å². The lowest BCUT2D eigenvalue weighted by molar-refractivity contribution is -0.139. The molecule has 26 heavy (non-hydrogen) atoms. The number of aromatic nitrogens is 2. The Bertz CT molecular complexity index is 1020. The Morgan fingerprint density at radius 1 is 1.23 bits per heavy atom. The van der Waals surface area contributed by atoms with Gasteiger partial charge >= 0.3 is 5.97 Å². The van der Waals surface area contributed by atoms with E-state index < -0.39 is 6.04 Å². The van der Waals surface area contributed by atoms with Gasteiger partial charge in [0.1, 0.15) is 5.75 Å². The van der Waals surface area contributed by atoms with Gasteiger partial charge in [-0.1, -0.05) is 24.3 Å². The van der Waals surface area contributed by atoms with Crippen LogP contribution in [0.2, 0.25) is 0 Å². The van der Waals surface area contributed by atoms with Gasteiger partial charge in [0, 0.05) is 5.70 Å². The molecule has 1 aliphatic heterocycles. The number of hydrogen-bond donors (Lipinski definition) is 2. The molecule has 1 aliphatic rings. The molecule has 6 nitrogen and oxygen atoms in total. The highest BCUT2D eigenvalue weighted by Crippen LogP contribution is 2.39. The third-order valence-corrected chi connectivity index (χ3v) is 4.53. The van der Waals surface area contributed by atoms with Gasteiger partial charge in [-0.05, 0) is 43.7 Å². The number of nitrogens with one attached hydrogen (secondary N) is 1. The number of carbonyl (C=O) groups excluding carboxylic acids is 1. The number of imidazole rings is 1. The Labute approximate surface area is 150 Å². The van der Waals surface area contributed by atoms with Gasteiger partial charge in [0.15, 0.2) is 0 Å². The van der Waals surface area contributed by atoms with Gasteiger partial charge in [-0.25, -0.2) is 9.78 Å². The topological polar surface area (TPSA) is 76.4 Å². The van der Waals surface area contributed by atoms with E-state index in [1.165, 1.54) is 0 Å². The van der Waals surface area contributed by atoms with Crippen LogP contribution in [0.1, 0.15) is 25.5 Å². The van der Waals surface area contributed by atoms with Gasteiger partial charge in [0.2, 0.25) is 5.95 Å². The Kier molecular flexibility index (Phi) is 3.88. The van der Waals surface area contributed by atoms with E-state index in [9.17, 15) is 9.90 Å². The highest BCUT2D eigenvalue weighted by molar-refractivity contribution is 5.94. The number of esters is 1. The maximum absolute atomic E-state index is 12.7. The van der Waals surface area contributed by atoms with Crippen LogP contribution in [0.15, 0.2) is 59.8 Å². The van der Waals surface area contributed by atoms with E-state index >= 15 is 0 Å². The first kappa shape index (κ1) is 16.2. The van der Waals surface area contributed by atoms with E-state index in [1.807, 2.05) is 47.9 Å². The largest absolute Gasteiger partial charge is 0.508 e. The molecule has 0 aliphatic carbocycles. The summed E-state index contributed by atoms with van der Waals surface area (Å²) < 4.78 is 7.31. The number of phenolic OH excluding ortho intramolecular Hbond substituents is 1. The SMILES string of the molecule is CCOC(=O)C1=C(C)Nc2nc3ccccc3n2[C@H]1c1ccc(O)cc1.